The maximum Gasteiger partial charge on any atom is 0.328 e. The highest BCUT2D eigenvalue weighted by Crippen LogP contribution is 2.33. The molecular formula is C23H30ClN5O4S. The fraction of sp³-hybridized carbons (Fsp3) is 0.522. The number of benzene rings is 1. The third-order valence-corrected chi connectivity index (χ3v) is 7.27. The molecule has 0 radical (unpaired) electrons. The van der Waals surface area contributed by atoms with Gasteiger partial charge < -0.3 is 15.5 Å². The summed E-state index contributed by atoms with van der Waals surface area (Å²) in [4.78, 5) is 31.3. The summed E-state index contributed by atoms with van der Waals surface area (Å²) >= 11 is 6.43. The Morgan fingerprint density at radius 2 is 1.88 bits per heavy atom. The number of pyridine rings is 1. The number of amides is 3. The van der Waals surface area contributed by atoms with E-state index in [1.54, 1.807) is 6.07 Å². The highest BCUT2D eigenvalue weighted by Gasteiger charge is 2.26. The molecule has 34 heavy (non-hydrogen) atoms. The molecule has 1 aliphatic carbocycles. The molecule has 184 valence electrons. The molecule has 0 spiro atoms. The van der Waals surface area contributed by atoms with Gasteiger partial charge in [0.25, 0.3) is 0 Å². The number of carbonyl (C=O) groups excluding carboxylic acids is 2. The van der Waals surface area contributed by atoms with Crippen molar-refractivity contribution < 1.29 is 18.0 Å². The number of carbonyl (C=O) groups is 2. The predicted octanol–water partition coefficient (Wildman–Crippen LogP) is 3.63. The van der Waals surface area contributed by atoms with Crippen molar-refractivity contribution in [1.82, 2.24) is 15.0 Å². The van der Waals surface area contributed by atoms with Gasteiger partial charge >= 0.3 is 6.03 Å². The number of rotatable bonds is 6. The van der Waals surface area contributed by atoms with Crippen molar-refractivity contribution in [3.8, 4) is 0 Å². The normalized spacial score (nSPS) is 19.2. The lowest BCUT2D eigenvalue weighted by molar-refractivity contribution is -0.117. The first kappa shape index (κ1) is 24.5. The summed E-state index contributed by atoms with van der Waals surface area (Å²) in [5.41, 5.74) is 1.29. The Hall–Kier alpha value is -2.59. The number of urea groups is 1. The monoisotopic (exact) mass is 507 g/mol. The second-order valence-electron chi connectivity index (χ2n) is 9.19. The van der Waals surface area contributed by atoms with Crippen LogP contribution in [0, 0.1) is 5.92 Å². The third-order valence-electron chi connectivity index (χ3n) is 6.39. The molecule has 2 aromatic rings. The van der Waals surface area contributed by atoms with Gasteiger partial charge in [0.1, 0.15) is 5.82 Å². The molecule has 11 heteroatoms. The van der Waals surface area contributed by atoms with Gasteiger partial charge in [0.15, 0.2) is 0 Å². The predicted molar refractivity (Wildman–Crippen MR) is 134 cm³/mol. The van der Waals surface area contributed by atoms with E-state index < -0.39 is 16.1 Å². The van der Waals surface area contributed by atoms with Crippen LogP contribution in [-0.2, 0) is 14.8 Å². The van der Waals surface area contributed by atoms with Crippen molar-refractivity contribution in [1.29, 1.82) is 0 Å². The first-order valence-corrected chi connectivity index (χ1v) is 13.9. The Kier molecular flexibility index (Phi) is 7.47. The van der Waals surface area contributed by atoms with Crippen LogP contribution in [-0.4, -0.2) is 50.7 Å². The minimum absolute atomic E-state index is 0.0220. The summed E-state index contributed by atoms with van der Waals surface area (Å²) < 4.78 is 24.4. The average molecular weight is 508 g/mol. The largest absolute Gasteiger partial charge is 0.354 e. The van der Waals surface area contributed by atoms with E-state index in [1.807, 2.05) is 27.8 Å². The lowest BCUT2D eigenvalue weighted by Gasteiger charge is -2.21. The van der Waals surface area contributed by atoms with Crippen molar-refractivity contribution in [3.05, 3.63) is 29.3 Å². The maximum atomic E-state index is 12.7. The second kappa shape index (κ2) is 10.4. The SMILES string of the molecule is CS(=O)(=O)NC(=O)N[C@H]1CCN(c2ccc3c(NC(=O)CC4CCCCC4)c(Cl)ccc3n2)C1. The molecule has 1 aromatic heterocycles. The molecule has 4 rings (SSSR count). The molecule has 0 unspecified atom stereocenters. The van der Waals surface area contributed by atoms with Gasteiger partial charge in [0.05, 0.1) is 22.5 Å². The number of fused-ring (bicyclic) bond motifs is 1. The zero-order valence-corrected chi connectivity index (χ0v) is 20.7. The molecule has 1 atom stereocenters. The Morgan fingerprint density at radius 3 is 2.62 bits per heavy atom. The van der Waals surface area contributed by atoms with Crippen LogP contribution < -0.4 is 20.3 Å². The molecule has 3 amide bonds. The number of nitrogens with one attached hydrogen (secondary N) is 3. The molecule has 1 saturated heterocycles. The summed E-state index contributed by atoms with van der Waals surface area (Å²) in [5, 5.41) is 6.94. The van der Waals surface area contributed by atoms with Crippen LogP contribution in [0.1, 0.15) is 44.9 Å². The van der Waals surface area contributed by atoms with Crippen LogP contribution in [0.5, 0.6) is 0 Å². The zero-order valence-electron chi connectivity index (χ0n) is 19.1. The van der Waals surface area contributed by atoms with Gasteiger partial charge in [-0.25, -0.2) is 22.9 Å². The zero-order chi connectivity index (χ0) is 24.3. The van der Waals surface area contributed by atoms with E-state index in [-0.39, 0.29) is 11.9 Å². The van der Waals surface area contributed by atoms with E-state index in [0.29, 0.717) is 48.1 Å². The minimum Gasteiger partial charge on any atom is -0.354 e. The summed E-state index contributed by atoms with van der Waals surface area (Å²) in [5.74, 6) is 1.15. The van der Waals surface area contributed by atoms with Crippen LogP contribution in [0.15, 0.2) is 24.3 Å². The number of sulfonamides is 1. The Morgan fingerprint density at radius 1 is 1.12 bits per heavy atom. The van der Waals surface area contributed by atoms with E-state index in [2.05, 4.69) is 10.6 Å². The highest BCUT2D eigenvalue weighted by molar-refractivity contribution is 7.89. The second-order valence-corrected chi connectivity index (χ2v) is 11.3. The molecular weight excluding hydrogens is 478 g/mol. The Balaban J connectivity index is 1.43. The van der Waals surface area contributed by atoms with E-state index in [1.165, 1.54) is 19.3 Å². The van der Waals surface area contributed by atoms with Crippen LogP contribution in [0.3, 0.4) is 0 Å². The van der Waals surface area contributed by atoms with E-state index >= 15 is 0 Å². The van der Waals surface area contributed by atoms with Crippen molar-refractivity contribution in [2.75, 3.05) is 29.6 Å². The third kappa shape index (κ3) is 6.29. The molecule has 3 N–H and O–H groups in total. The maximum absolute atomic E-state index is 12.7. The molecule has 0 bridgehead atoms. The standard InChI is InChI=1S/C23H30ClN5O4S/c1-34(32,33)28-23(31)25-16-11-12-29(14-16)20-10-7-17-19(26-20)9-8-18(24)22(17)27-21(30)13-15-5-3-2-4-6-15/h7-10,15-16H,2-6,11-14H2,1H3,(H,27,30)(H2,25,28,31)/t16-/m0/s1. The Bertz CT molecular complexity index is 1180. The van der Waals surface area contributed by atoms with Crippen molar-refractivity contribution in [2.24, 2.45) is 5.92 Å². The fourth-order valence-electron chi connectivity index (χ4n) is 4.78. The number of halogens is 1. The first-order valence-electron chi connectivity index (χ1n) is 11.6. The minimum atomic E-state index is -3.61. The molecule has 1 aliphatic heterocycles. The van der Waals surface area contributed by atoms with Crippen LogP contribution in [0.4, 0.5) is 16.3 Å². The van der Waals surface area contributed by atoms with Crippen molar-refractivity contribution >= 4 is 56.0 Å². The van der Waals surface area contributed by atoms with Crippen LogP contribution >= 0.6 is 11.6 Å². The molecule has 1 aromatic carbocycles. The van der Waals surface area contributed by atoms with Gasteiger partial charge in [-0.3, -0.25) is 4.79 Å². The molecule has 2 fully saturated rings. The summed E-state index contributed by atoms with van der Waals surface area (Å²) in [6, 6.07) is 6.40. The first-order chi connectivity index (χ1) is 16.2. The number of hydrogen-bond donors (Lipinski definition) is 3. The Labute approximate surface area is 204 Å². The quantitative estimate of drug-likeness (QED) is 0.549. The summed E-state index contributed by atoms with van der Waals surface area (Å²) in [7, 11) is -3.61. The van der Waals surface area contributed by atoms with Gasteiger partial charge in [-0.1, -0.05) is 30.9 Å². The average Bonchev–Trinajstić information content (AvgIpc) is 3.23. The van der Waals surface area contributed by atoms with Gasteiger partial charge in [0.2, 0.25) is 15.9 Å². The summed E-state index contributed by atoms with van der Waals surface area (Å²) in [6.07, 6.45) is 7.94. The van der Waals surface area contributed by atoms with Gasteiger partial charge in [-0.15, -0.1) is 0 Å². The lowest BCUT2D eigenvalue weighted by atomic mass is 9.87. The molecule has 1 saturated carbocycles. The topological polar surface area (TPSA) is 120 Å². The van der Waals surface area contributed by atoms with Crippen molar-refractivity contribution in [3.63, 3.8) is 0 Å². The van der Waals surface area contributed by atoms with E-state index in [0.717, 1.165) is 30.3 Å². The van der Waals surface area contributed by atoms with E-state index in [9.17, 15) is 18.0 Å². The lowest BCUT2D eigenvalue weighted by Crippen LogP contribution is -2.45. The number of aromatic nitrogens is 1. The summed E-state index contributed by atoms with van der Waals surface area (Å²) in [6.45, 7) is 1.18. The molecule has 2 aliphatic rings. The number of nitrogens with zero attached hydrogens (tertiary/aromatic N) is 2. The highest BCUT2D eigenvalue weighted by atomic mass is 35.5. The van der Waals surface area contributed by atoms with Gasteiger partial charge in [0, 0.05) is 30.9 Å². The van der Waals surface area contributed by atoms with Crippen LogP contribution in [0.2, 0.25) is 5.02 Å². The van der Waals surface area contributed by atoms with Gasteiger partial charge in [-0.2, -0.15) is 0 Å². The fourth-order valence-corrected chi connectivity index (χ4v) is 5.39. The number of hydrogen-bond acceptors (Lipinski definition) is 6. The van der Waals surface area contributed by atoms with E-state index in [4.69, 9.17) is 16.6 Å². The molecule has 9 nitrogen and oxygen atoms in total. The number of anilines is 2. The van der Waals surface area contributed by atoms with Crippen LogP contribution in [0.25, 0.3) is 10.9 Å². The van der Waals surface area contributed by atoms with Gasteiger partial charge in [-0.05, 0) is 49.4 Å². The smallest absolute Gasteiger partial charge is 0.328 e. The molecule has 2 heterocycles. The van der Waals surface area contributed by atoms with Crippen molar-refractivity contribution in [2.45, 2.75) is 51.0 Å².